The first kappa shape index (κ1) is 14.1. The predicted octanol–water partition coefficient (Wildman–Crippen LogP) is 3.58. The van der Waals surface area contributed by atoms with E-state index in [0.29, 0.717) is 13.0 Å². The van der Waals surface area contributed by atoms with E-state index in [4.69, 9.17) is 0 Å². The van der Waals surface area contributed by atoms with E-state index in [9.17, 15) is 8.42 Å². The Labute approximate surface area is 126 Å². The third-order valence-corrected chi connectivity index (χ3v) is 6.33. The number of rotatable bonds is 2. The third kappa shape index (κ3) is 2.33. The molecule has 3 nitrogen and oxygen atoms in total. The lowest BCUT2D eigenvalue weighted by Gasteiger charge is -2.23. The number of benzene rings is 2. The second kappa shape index (κ2) is 5.19. The second-order valence-electron chi connectivity index (χ2n) is 5.55. The molecule has 0 aromatic heterocycles. The fraction of sp³-hybridized carbons (Fsp3) is 0.294. The maximum Gasteiger partial charge on any atom is 0.242 e. The highest BCUT2D eigenvalue weighted by atomic mass is 32.2. The molecular weight excluding hydrogens is 282 g/mol. The number of para-hydroxylation sites is 1. The van der Waals surface area contributed by atoms with Gasteiger partial charge in [-0.05, 0) is 37.0 Å². The summed E-state index contributed by atoms with van der Waals surface area (Å²) in [5, 5.41) is -0.433. The zero-order chi connectivity index (χ0) is 15.0. The van der Waals surface area contributed by atoms with Crippen LogP contribution in [0.2, 0.25) is 0 Å². The zero-order valence-corrected chi connectivity index (χ0v) is 13.1. The van der Waals surface area contributed by atoms with Crippen LogP contribution in [0.15, 0.2) is 48.5 Å². The van der Waals surface area contributed by atoms with Crippen molar-refractivity contribution in [2.45, 2.75) is 25.5 Å². The topological polar surface area (TPSA) is 37.4 Å². The molecule has 110 valence electrons. The molecule has 4 heteroatoms. The number of nitrogens with zero attached hydrogens (tertiary/aromatic N) is 1. The summed E-state index contributed by atoms with van der Waals surface area (Å²) in [5.74, 6) is 0. The van der Waals surface area contributed by atoms with E-state index >= 15 is 0 Å². The summed E-state index contributed by atoms with van der Waals surface area (Å²) in [5.41, 5.74) is 3.74. The monoisotopic (exact) mass is 301 g/mol. The third-order valence-electron chi connectivity index (χ3n) is 4.12. The molecule has 0 spiro atoms. The highest BCUT2D eigenvalue weighted by Gasteiger charge is 2.40. The average molecular weight is 301 g/mol. The Hall–Kier alpha value is -1.81. The van der Waals surface area contributed by atoms with Crippen molar-refractivity contribution in [3.63, 3.8) is 0 Å². The van der Waals surface area contributed by atoms with Crippen LogP contribution < -0.4 is 4.31 Å². The summed E-state index contributed by atoms with van der Waals surface area (Å²) in [7, 11) is -3.35. The van der Waals surface area contributed by atoms with Crippen molar-refractivity contribution < 1.29 is 8.42 Å². The minimum absolute atomic E-state index is 0.433. The van der Waals surface area contributed by atoms with Crippen LogP contribution >= 0.6 is 0 Å². The Bertz CT molecular complexity index is 733. The highest BCUT2D eigenvalue weighted by Crippen LogP contribution is 2.40. The first-order chi connectivity index (χ1) is 10.0. The minimum atomic E-state index is -3.35. The van der Waals surface area contributed by atoms with Crippen LogP contribution in [-0.2, 0) is 10.0 Å². The van der Waals surface area contributed by atoms with E-state index in [1.165, 1.54) is 0 Å². The van der Waals surface area contributed by atoms with Crippen LogP contribution in [0.25, 0.3) is 0 Å². The van der Waals surface area contributed by atoms with E-state index in [-0.39, 0.29) is 0 Å². The molecule has 1 fully saturated rings. The molecule has 0 N–H and O–H groups in total. The van der Waals surface area contributed by atoms with Gasteiger partial charge in [0.15, 0.2) is 0 Å². The first-order valence-corrected chi connectivity index (χ1v) is 8.65. The molecule has 21 heavy (non-hydrogen) atoms. The maximum absolute atomic E-state index is 12.9. The molecule has 0 amide bonds. The lowest BCUT2D eigenvalue weighted by molar-refractivity contribution is 0.590. The van der Waals surface area contributed by atoms with Gasteiger partial charge in [-0.15, -0.1) is 0 Å². The molecule has 0 aliphatic carbocycles. The molecule has 1 heterocycles. The van der Waals surface area contributed by atoms with Crippen molar-refractivity contribution in [3.8, 4) is 0 Å². The highest BCUT2D eigenvalue weighted by molar-refractivity contribution is 7.93. The Balaban J connectivity index is 2.05. The number of hydrogen-bond acceptors (Lipinski definition) is 2. The van der Waals surface area contributed by atoms with Gasteiger partial charge in [0.2, 0.25) is 10.0 Å². The summed E-state index contributed by atoms with van der Waals surface area (Å²) < 4.78 is 27.4. The smallest absolute Gasteiger partial charge is 0.242 e. The van der Waals surface area contributed by atoms with Crippen LogP contribution in [0.5, 0.6) is 0 Å². The number of sulfonamides is 1. The minimum Gasteiger partial charge on any atom is -0.269 e. The van der Waals surface area contributed by atoms with Crippen LogP contribution in [0.1, 0.15) is 28.4 Å². The maximum atomic E-state index is 12.9. The van der Waals surface area contributed by atoms with Crippen molar-refractivity contribution >= 4 is 15.7 Å². The molecule has 2 aromatic carbocycles. The largest absolute Gasteiger partial charge is 0.269 e. The first-order valence-electron chi connectivity index (χ1n) is 7.14. The van der Waals surface area contributed by atoms with Gasteiger partial charge in [-0.2, -0.15) is 0 Å². The lowest BCUT2D eigenvalue weighted by atomic mass is 10.1. The van der Waals surface area contributed by atoms with Gasteiger partial charge >= 0.3 is 0 Å². The van der Waals surface area contributed by atoms with Crippen LogP contribution in [0.3, 0.4) is 0 Å². The second-order valence-corrected chi connectivity index (χ2v) is 7.59. The molecule has 2 aromatic rings. The zero-order valence-electron chi connectivity index (χ0n) is 12.3. The lowest BCUT2D eigenvalue weighted by Crippen LogP contribution is -2.27. The SMILES string of the molecule is Cc1cccc(C)c1N1CCC(c2ccccc2)S1(=O)=O. The fourth-order valence-corrected chi connectivity index (χ4v) is 5.22. The molecule has 3 rings (SSSR count). The fourth-order valence-electron chi connectivity index (χ4n) is 3.11. The Morgan fingerprint density at radius 1 is 0.952 bits per heavy atom. The van der Waals surface area contributed by atoms with Gasteiger partial charge in [0, 0.05) is 6.54 Å². The molecular formula is C17H19NO2S. The molecule has 0 saturated carbocycles. The standard InChI is InChI=1S/C17H19NO2S/c1-13-7-6-8-14(2)17(13)18-12-11-16(21(18,19)20)15-9-4-3-5-10-15/h3-10,16H,11-12H2,1-2H3. The van der Waals surface area contributed by atoms with Crippen molar-refractivity contribution in [3.05, 3.63) is 65.2 Å². The molecule has 1 atom stereocenters. The van der Waals surface area contributed by atoms with E-state index in [0.717, 1.165) is 22.4 Å². The van der Waals surface area contributed by atoms with Gasteiger partial charge in [-0.3, -0.25) is 4.31 Å². The normalized spacial score (nSPS) is 20.7. The molecule has 1 aliphatic heterocycles. The van der Waals surface area contributed by atoms with E-state index in [2.05, 4.69) is 0 Å². The van der Waals surface area contributed by atoms with Crippen LogP contribution in [-0.4, -0.2) is 15.0 Å². The Morgan fingerprint density at radius 3 is 2.19 bits per heavy atom. The number of aryl methyl sites for hydroxylation is 2. The summed E-state index contributed by atoms with van der Waals surface area (Å²) in [4.78, 5) is 0. The van der Waals surface area contributed by atoms with Gasteiger partial charge in [0.05, 0.1) is 5.69 Å². The van der Waals surface area contributed by atoms with Crippen molar-refractivity contribution in [2.24, 2.45) is 0 Å². The summed E-state index contributed by atoms with van der Waals surface area (Å²) in [6, 6.07) is 15.4. The summed E-state index contributed by atoms with van der Waals surface area (Å²) in [6.45, 7) is 4.48. The van der Waals surface area contributed by atoms with E-state index in [1.54, 1.807) is 4.31 Å². The van der Waals surface area contributed by atoms with Crippen LogP contribution in [0.4, 0.5) is 5.69 Å². The number of hydrogen-bond donors (Lipinski definition) is 0. The van der Waals surface area contributed by atoms with Gasteiger partial charge in [0.1, 0.15) is 5.25 Å². The Kier molecular flexibility index (Phi) is 3.49. The quantitative estimate of drug-likeness (QED) is 0.850. The molecule has 1 unspecified atom stereocenters. The van der Waals surface area contributed by atoms with Crippen LogP contribution in [0, 0.1) is 13.8 Å². The average Bonchev–Trinajstić information content (AvgIpc) is 2.75. The molecule has 1 saturated heterocycles. The van der Waals surface area contributed by atoms with Gasteiger partial charge in [-0.1, -0.05) is 48.5 Å². The Morgan fingerprint density at radius 2 is 1.57 bits per heavy atom. The molecule has 0 bridgehead atoms. The van der Waals surface area contributed by atoms with E-state index < -0.39 is 15.3 Å². The number of anilines is 1. The molecule has 0 radical (unpaired) electrons. The van der Waals surface area contributed by atoms with Crippen molar-refractivity contribution in [1.29, 1.82) is 0 Å². The van der Waals surface area contributed by atoms with Crippen molar-refractivity contribution in [1.82, 2.24) is 0 Å². The summed E-state index contributed by atoms with van der Waals surface area (Å²) >= 11 is 0. The van der Waals surface area contributed by atoms with Gasteiger partial charge < -0.3 is 0 Å². The van der Waals surface area contributed by atoms with Crippen molar-refractivity contribution in [2.75, 3.05) is 10.8 Å². The van der Waals surface area contributed by atoms with Gasteiger partial charge in [0.25, 0.3) is 0 Å². The van der Waals surface area contributed by atoms with Gasteiger partial charge in [-0.25, -0.2) is 8.42 Å². The summed E-state index contributed by atoms with van der Waals surface area (Å²) in [6.07, 6.45) is 0.639. The predicted molar refractivity (Wildman–Crippen MR) is 86.0 cm³/mol. The molecule has 1 aliphatic rings. The van der Waals surface area contributed by atoms with E-state index in [1.807, 2.05) is 62.4 Å².